The van der Waals surface area contributed by atoms with E-state index in [1.54, 1.807) is 0 Å². The summed E-state index contributed by atoms with van der Waals surface area (Å²) in [6.45, 7) is 4.08. The van der Waals surface area contributed by atoms with Gasteiger partial charge in [0.15, 0.2) is 0 Å². The minimum Gasteiger partial charge on any atom is -0.432 e. The maximum atomic E-state index is 5.75. The lowest BCUT2D eigenvalue weighted by molar-refractivity contribution is 0.513. The Morgan fingerprint density at radius 1 is 1.27 bits per heavy atom. The molecule has 0 aliphatic heterocycles. The second-order valence-corrected chi connectivity index (χ2v) is 3.78. The van der Waals surface area contributed by atoms with Crippen LogP contribution in [0, 0.1) is 6.92 Å². The molecule has 0 unspecified atom stereocenters. The molecular weight excluding hydrogens is 210 g/mol. The molecule has 78 valence electrons. The molecule has 0 saturated carbocycles. The lowest BCUT2D eigenvalue weighted by Crippen LogP contribution is -1.84. The maximum absolute atomic E-state index is 5.75. The first kappa shape index (κ1) is 10.2. The van der Waals surface area contributed by atoms with Gasteiger partial charge in [0.25, 0.3) is 5.35 Å². The Balaban J connectivity index is 2.48. The van der Waals surface area contributed by atoms with Gasteiger partial charge in [0.1, 0.15) is 11.5 Å². The number of aryl methyl sites for hydroxylation is 2. The molecule has 3 heteroatoms. The van der Waals surface area contributed by atoms with E-state index < -0.39 is 0 Å². The van der Waals surface area contributed by atoms with Gasteiger partial charge in [-0.1, -0.05) is 36.8 Å². The molecule has 2 aromatic rings. The van der Waals surface area contributed by atoms with E-state index in [0.29, 0.717) is 0 Å². The van der Waals surface area contributed by atoms with E-state index in [9.17, 15) is 0 Å². The van der Waals surface area contributed by atoms with Crippen molar-refractivity contribution in [1.82, 2.24) is 4.98 Å². The summed E-state index contributed by atoms with van der Waals surface area (Å²) < 4.78 is 5.30. The van der Waals surface area contributed by atoms with Crippen LogP contribution >= 0.6 is 11.6 Å². The van der Waals surface area contributed by atoms with Crippen LogP contribution in [-0.2, 0) is 6.42 Å². The fourth-order valence-corrected chi connectivity index (χ4v) is 1.68. The van der Waals surface area contributed by atoms with Crippen LogP contribution < -0.4 is 0 Å². The summed E-state index contributed by atoms with van der Waals surface area (Å²) in [7, 11) is 0. The van der Waals surface area contributed by atoms with Crippen molar-refractivity contribution in [2.75, 3.05) is 0 Å². The van der Waals surface area contributed by atoms with E-state index in [4.69, 9.17) is 16.0 Å². The Kier molecular flexibility index (Phi) is 2.78. The van der Waals surface area contributed by atoms with Crippen LogP contribution in [-0.4, -0.2) is 4.98 Å². The third kappa shape index (κ3) is 2.05. The van der Waals surface area contributed by atoms with E-state index in [-0.39, 0.29) is 5.35 Å². The molecule has 0 saturated heterocycles. The number of aromatic nitrogens is 1. The average molecular weight is 222 g/mol. The van der Waals surface area contributed by atoms with Crippen LogP contribution in [0.4, 0.5) is 0 Å². The van der Waals surface area contributed by atoms with Crippen LogP contribution in [0.25, 0.3) is 11.3 Å². The maximum Gasteiger partial charge on any atom is 0.292 e. The molecule has 15 heavy (non-hydrogen) atoms. The molecule has 2 rings (SSSR count). The molecule has 1 aromatic carbocycles. The molecule has 0 bridgehead atoms. The van der Waals surface area contributed by atoms with Gasteiger partial charge in [0.2, 0.25) is 0 Å². The topological polar surface area (TPSA) is 26.0 Å². The third-order valence-electron chi connectivity index (χ3n) is 2.32. The fourth-order valence-electron chi connectivity index (χ4n) is 1.50. The molecule has 0 N–H and O–H groups in total. The van der Waals surface area contributed by atoms with Crippen LogP contribution in [0.1, 0.15) is 18.2 Å². The molecule has 0 fully saturated rings. The van der Waals surface area contributed by atoms with Crippen LogP contribution in [0.3, 0.4) is 0 Å². The molecule has 0 aliphatic carbocycles. The summed E-state index contributed by atoms with van der Waals surface area (Å²) in [6.07, 6.45) is 0.795. The average Bonchev–Trinajstić information content (AvgIpc) is 2.61. The molecule has 0 spiro atoms. The molecule has 2 nitrogen and oxygen atoms in total. The minimum absolute atomic E-state index is 0.211. The second kappa shape index (κ2) is 4.07. The zero-order valence-corrected chi connectivity index (χ0v) is 9.51. The van der Waals surface area contributed by atoms with E-state index in [2.05, 4.69) is 24.0 Å². The van der Waals surface area contributed by atoms with Crippen molar-refractivity contribution in [1.29, 1.82) is 0 Å². The number of oxazole rings is 1. The van der Waals surface area contributed by atoms with Crippen molar-refractivity contribution in [3.63, 3.8) is 0 Å². The molecule has 0 amide bonds. The zero-order valence-electron chi connectivity index (χ0n) is 8.75. The van der Waals surface area contributed by atoms with E-state index in [1.807, 2.05) is 19.1 Å². The highest BCUT2D eigenvalue weighted by molar-refractivity contribution is 6.27. The van der Waals surface area contributed by atoms with Gasteiger partial charge >= 0.3 is 0 Å². The Bertz CT molecular complexity index is 459. The predicted octanol–water partition coefficient (Wildman–Crippen LogP) is 3.87. The van der Waals surface area contributed by atoms with Crippen molar-refractivity contribution >= 4 is 11.6 Å². The molecule has 1 aromatic heterocycles. The highest BCUT2D eigenvalue weighted by atomic mass is 35.5. The summed E-state index contributed by atoms with van der Waals surface area (Å²) in [5.41, 5.74) is 3.13. The van der Waals surface area contributed by atoms with E-state index in [0.717, 1.165) is 23.4 Å². The lowest BCUT2D eigenvalue weighted by atomic mass is 10.1. The normalized spacial score (nSPS) is 10.6. The Morgan fingerprint density at radius 3 is 2.53 bits per heavy atom. The minimum atomic E-state index is 0.211. The first-order valence-electron chi connectivity index (χ1n) is 4.93. The number of rotatable bonds is 2. The van der Waals surface area contributed by atoms with Crippen molar-refractivity contribution in [2.45, 2.75) is 20.3 Å². The van der Waals surface area contributed by atoms with Crippen molar-refractivity contribution < 1.29 is 4.42 Å². The van der Waals surface area contributed by atoms with Crippen molar-refractivity contribution in [3.8, 4) is 11.3 Å². The largest absolute Gasteiger partial charge is 0.432 e. The summed E-state index contributed by atoms with van der Waals surface area (Å²) in [5, 5.41) is 0.211. The van der Waals surface area contributed by atoms with Gasteiger partial charge in [0, 0.05) is 12.0 Å². The Hall–Kier alpha value is -1.28. The third-order valence-corrected chi connectivity index (χ3v) is 2.48. The number of hydrogen-bond acceptors (Lipinski definition) is 2. The number of halogens is 1. The van der Waals surface area contributed by atoms with E-state index >= 15 is 0 Å². The monoisotopic (exact) mass is 221 g/mol. The summed E-state index contributed by atoms with van der Waals surface area (Å²) >= 11 is 5.75. The standard InChI is InChI=1S/C12H12ClNO/c1-3-10-11(14-12(13)15-10)9-6-4-8(2)5-7-9/h4-7H,3H2,1-2H3. The van der Waals surface area contributed by atoms with Gasteiger partial charge < -0.3 is 4.42 Å². The van der Waals surface area contributed by atoms with Gasteiger partial charge in [-0.2, -0.15) is 4.98 Å². The van der Waals surface area contributed by atoms with Crippen LogP contribution in [0.2, 0.25) is 5.35 Å². The van der Waals surface area contributed by atoms with Crippen molar-refractivity contribution in [3.05, 3.63) is 40.9 Å². The lowest BCUT2D eigenvalue weighted by Gasteiger charge is -1.99. The van der Waals surface area contributed by atoms with Gasteiger partial charge in [-0.15, -0.1) is 0 Å². The predicted molar refractivity (Wildman–Crippen MR) is 61.1 cm³/mol. The Labute approximate surface area is 93.9 Å². The second-order valence-electron chi connectivity index (χ2n) is 3.46. The van der Waals surface area contributed by atoms with Crippen LogP contribution in [0.5, 0.6) is 0 Å². The Morgan fingerprint density at radius 2 is 1.93 bits per heavy atom. The first-order valence-corrected chi connectivity index (χ1v) is 5.30. The highest BCUT2D eigenvalue weighted by Gasteiger charge is 2.11. The molecular formula is C12H12ClNO. The van der Waals surface area contributed by atoms with Crippen LogP contribution in [0.15, 0.2) is 28.7 Å². The number of hydrogen-bond donors (Lipinski definition) is 0. The number of nitrogens with zero attached hydrogens (tertiary/aromatic N) is 1. The molecule has 1 heterocycles. The van der Waals surface area contributed by atoms with E-state index in [1.165, 1.54) is 5.56 Å². The summed E-state index contributed by atoms with van der Waals surface area (Å²) in [4.78, 5) is 4.18. The molecule has 0 aliphatic rings. The SMILES string of the molecule is CCc1oc(Cl)nc1-c1ccc(C)cc1. The molecule has 0 radical (unpaired) electrons. The summed E-state index contributed by atoms with van der Waals surface area (Å²) in [5.74, 6) is 0.837. The van der Waals surface area contributed by atoms with Gasteiger partial charge in [-0.3, -0.25) is 0 Å². The van der Waals surface area contributed by atoms with Crippen molar-refractivity contribution in [2.24, 2.45) is 0 Å². The van der Waals surface area contributed by atoms with Gasteiger partial charge in [-0.25, -0.2) is 0 Å². The smallest absolute Gasteiger partial charge is 0.292 e. The first-order chi connectivity index (χ1) is 7.20. The highest BCUT2D eigenvalue weighted by Crippen LogP contribution is 2.26. The van der Waals surface area contributed by atoms with Gasteiger partial charge in [0.05, 0.1) is 0 Å². The summed E-state index contributed by atoms with van der Waals surface area (Å²) in [6, 6.07) is 8.17. The molecule has 0 atom stereocenters. The zero-order chi connectivity index (χ0) is 10.8. The quantitative estimate of drug-likeness (QED) is 0.770. The number of benzene rings is 1. The van der Waals surface area contributed by atoms with Gasteiger partial charge in [-0.05, 0) is 18.5 Å². The fraction of sp³-hybridized carbons (Fsp3) is 0.250.